The van der Waals surface area contributed by atoms with Crippen LogP contribution in [0, 0.1) is 0 Å². The highest BCUT2D eigenvalue weighted by molar-refractivity contribution is 7.98. The first-order chi connectivity index (χ1) is 15.6. The molecule has 0 amide bonds. The van der Waals surface area contributed by atoms with Gasteiger partial charge >= 0.3 is 0 Å². The summed E-state index contributed by atoms with van der Waals surface area (Å²) in [5.41, 5.74) is 2.23. The third-order valence-corrected chi connectivity index (χ3v) is 6.80. The lowest BCUT2D eigenvalue weighted by molar-refractivity contribution is 0.414. The van der Waals surface area contributed by atoms with Crippen molar-refractivity contribution in [1.29, 1.82) is 0 Å². The minimum absolute atomic E-state index is 0.171. The van der Waals surface area contributed by atoms with E-state index >= 15 is 0 Å². The van der Waals surface area contributed by atoms with Gasteiger partial charge in [0, 0.05) is 11.8 Å². The molecule has 0 atom stereocenters. The van der Waals surface area contributed by atoms with Gasteiger partial charge in [-0.3, -0.25) is 9.20 Å². The normalized spacial score (nSPS) is 11.3. The zero-order valence-corrected chi connectivity index (χ0v) is 19.2. The third-order valence-electron chi connectivity index (χ3n) is 5.06. The Morgan fingerprint density at radius 2 is 1.81 bits per heavy atom. The molecule has 0 fully saturated rings. The van der Waals surface area contributed by atoms with Crippen LogP contribution in [0.4, 0.5) is 0 Å². The first-order valence-electron chi connectivity index (χ1n) is 9.67. The Morgan fingerprint density at radius 1 is 0.969 bits per heavy atom. The van der Waals surface area contributed by atoms with Gasteiger partial charge in [-0.2, -0.15) is 0 Å². The summed E-state index contributed by atoms with van der Waals surface area (Å²) in [5.74, 6) is 1.69. The molecule has 0 aliphatic heterocycles. The predicted octanol–water partition coefficient (Wildman–Crippen LogP) is 5.64. The van der Waals surface area contributed by atoms with Crippen molar-refractivity contribution in [2.75, 3.05) is 7.11 Å². The lowest BCUT2D eigenvalue weighted by atomic mass is 10.2. The predicted molar refractivity (Wildman–Crippen MR) is 129 cm³/mol. The maximum Gasteiger partial charge on any atom is 0.267 e. The second-order valence-corrected chi connectivity index (χ2v) is 8.77. The summed E-state index contributed by atoms with van der Waals surface area (Å²) in [7, 11) is 1.59. The van der Waals surface area contributed by atoms with Gasteiger partial charge in [0.15, 0.2) is 5.16 Å². The number of methoxy groups -OCH3 is 1. The molecule has 0 saturated carbocycles. The van der Waals surface area contributed by atoms with Crippen LogP contribution >= 0.6 is 35.0 Å². The number of ether oxygens (including phenoxy) is 1. The van der Waals surface area contributed by atoms with Gasteiger partial charge < -0.3 is 4.74 Å². The van der Waals surface area contributed by atoms with E-state index in [1.807, 2.05) is 52.9 Å². The van der Waals surface area contributed by atoms with Gasteiger partial charge in [0.05, 0.1) is 33.7 Å². The van der Waals surface area contributed by atoms with Gasteiger partial charge in [0.25, 0.3) is 5.56 Å². The average Bonchev–Trinajstić information content (AvgIpc) is 3.24. The molecule has 32 heavy (non-hydrogen) atoms. The maximum atomic E-state index is 13.4. The Bertz CT molecular complexity index is 1530. The van der Waals surface area contributed by atoms with Gasteiger partial charge in [-0.1, -0.05) is 59.2 Å². The van der Waals surface area contributed by atoms with Gasteiger partial charge in [-0.25, -0.2) is 4.57 Å². The minimum Gasteiger partial charge on any atom is -0.497 e. The fourth-order valence-corrected chi connectivity index (χ4v) is 4.74. The molecule has 160 valence electrons. The van der Waals surface area contributed by atoms with Crippen molar-refractivity contribution in [3.05, 3.63) is 92.7 Å². The Morgan fingerprint density at radius 3 is 2.62 bits per heavy atom. The van der Waals surface area contributed by atoms with Crippen molar-refractivity contribution in [2.24, 2.45) is 0 Å². The monoisotopic (exact) mass is 482 g/mol. The van der Waals surface area contributed by atoms with Crippen LogP contribution in [-0.4, -0.2) is 26.3 Å². The highest BCUT2D eigenvalue weighted by Gasteiger charge is 2.18. The highest BCUT2D eigenvalue weighted by atomic mass is 35.5. The van der Waals surface area contributed by atoms with Crippen molar-refractivity contribution in [1.82, 2.24) is 19.2 Å². The third kappa shape index (κ3) is 3.62. The molecule has 6 nitrogen and oxygen atoms in total. The van der Waals surface area contributed by atoms with E-state index in [2.05, 4.69) is 10.2 Å². The van der Waals surface area contributed by atoms with Crippen LogP contribution in [-0.2, 0) is 5.75 Å². The fourth-order valence-electron chi connectivity index (χ4n) is 3.53. The molecular formula is C23H16Cl2N4O2S. The topological polar surface area (TPSA) is 61.4 Å². The van der Waals surface area contributed by atoms with Crippen molar-refractivity contribution in [2.45, 2.75) is 10.9 Å². The van der Waals surface area contributed by atoms with E-state index in [1.54, 1.807) is 29.9 Å². The summed E-state index contributed by atoms with van der Waals surface area (Å²) < 4.78 is 8.80. The minimum atomic E-state index is -0.171. The number of fused-ring (bicyclic) bond motifs is 3. The molecular weight excluding hydrogens is 467 g/mol. The molecule has 0 unspecified atom stereocenters. The largest absolute Gasteiger partial charge is 0.497 e. The number of thioether (sulfide) groups is 1. The Kier molecular flexibility index (Phi) is 5.55. The van der Waals surface area contributed by atoms with Crippen LogP contribution in [0.3, 0.4) is 0 Å². The van der Waals surface area contributed by atoms with Crippen molar-refractivity contribution in [3.8, 4) is 11.4 Å². The van der Waals surface area contributed by atoms with Crippen LogP contribution in [0.5, 0.6) is 5.75 Å². The molecule has 2 aromatic heterocycles. The van der Waals surface area contributed by atoms with Crippen LogP contribution in [0.1, 0.15) is 5.56 Å². The number of aromatic nitrogens is 4. The van der Waals surface area contributed by atoms with Gasteiger partial charge in [0.2, 0.25) is 5.78 Å². The molecule has 0 saturated heterocycles. The van der Waals surface area contributed by atoms with Crippen molar-refractivity contribution in [3.63, 3.8) is 0 Å². The molecule has 0 aliphatic rings. The van der Waals surface area contributed by atoms with E-state index in [0.29, 0.717) is 43.6 Å². The Hall–Kier alpha value is -3.00. The zero-order chi connectivity index (χ0) is 22.2. The second kappa shape index (κ2) is 8.50. The fraction of sp³-hybridized carbons (Fsp3) is 0.0870. The standard InChI is InChI=1S/C23H16Cl2N4O2S/c1-31-16-6-4-5-15(12-16)28-21(30)17-7-2-3-8-20(17)29-22(28)26-27-23(29)32-13-14-9-10-18(24)19(25)11-14/h2-12H,13H2,1H3. The smallest absolute Gasteiger partial charge is 0.267 e. The SMILES string of the molecule is COc1cccc(-n2c(=O)c3ccccc3n3c(SCc4ccc(Cl)c(Cl)c4)nnc23)c1. The molecule has 0 bridgehead atoms. The van der Waals surface area contributed by atoms with Gasteiger partial charge in [-0.05, 0) is 42.0 Å². The molecule has 5 rings (SSSR count). The van der Waals surface area contributed by atoms with Crippen molar-refractivity contribution < 1.29 is 4.74 Å². The number of nitrogens with zero attached hydrogens (tertiary/aromatic N) is 4. The lowest BCUT2D eigenvalue weighted by Gasteiger charge is -2.12. The molecule has 2 heterocycles. The molecule has 9 heteroatoms. The van der Waals surface area contributed by atoms with Crippen LogP contribution in [0.2, 0.25) is 10.0 Å². The molecule has 0 spiro atoms. The van der Waals surface area contributed by atoms with E-state index in [0.717, 1.165) is 11.1 Å². The maximum absolute atomic E-state index is 13.4. The van der Waals surface area contributed by atoms with E-state index in [9.17, 15) is 4.79 Å². The highest BCUT2D eigenvalue weighted by Crippen LogP contribution is 2.29. The van der Waals surface area contributed by atoms with E-state index in [-0.39, 0.29) is 5.56 Å². The van der Waals surface area contributed by atoms with E-state index in [4.69, 9.17) is 27.9 Å². The van der Waals surface area contributed by atoms with E-state index < -0.39 is 0 Å². The summed E-state index contributed by atoms with van der Waals surface area (Å²) in [6.45, 7) is 0. The van der Waals surface area contributed by atoms with Crippen LogP contribution < -0.4 is 10.3 Å². The Balaban J connectivity index is 1.68. The average molecular weight is 483 g/mol. The molecule has 0 N–H and O–H groups in total. The summed E-state index contributed by atoms with van der Waals surface area (Å²) >= 11 is 13.7. The molecule has 3 aromatic carbocycles. The number of hydrogen-bond acceptors (Lipinski definition) is 5. The number of para-hydroxylation sites is 1. The molecule has 0 aliphatic carbocycles. The number of hydrogen-bond donors (Lipinski definition) is 0. The summed E-state index contributed by atoms with van der Waals surface area (Å²) in [6.07, 6.45) is 0. The van der Waals surface area contributed by atoms with Gasteiger partial charge in [-0.15, -0.1) is 10.2 Å². The summed E-state index contributed by atoms with van der Waals surface area (Å²) in [5, 5.41) is 11.0. The summed E-state index contributed by atoms with van der Waals surface area (Å²) in [4.78, 5) is 13.4. The first-order valence-corrected chi connectivity index (χ1v) is 11.4. The molecule has 5 aromatic rings. The summed E-state index contributed by atoms with van der Waals surface area (Å²) in [6, 6.07) is 20.3. The van der Waals surface area contributed by atoms with Gasteiger partial charge in [0.1, 0.15) is 5.75 Å². The van der Waals surface area contributed by atoms with Crippen LogP contribution in [0.15, 0.2) is 76.7 Å². The lowest BCUT2D eigenvalue weighted by Crippen LogP contribution is -2.21. The van der Waals surface area contributed by atoms with Crippen molar-refractivity contribution >= 4 is 51.6 Å². The number of benzene rings is 3. The molecule has 0 radical (unpaired) electrons. The first kappa shape index (κ1) is 20.9. The quantitative estimate of drug-likeness (QED) is 0.303. The van der Waals surface area contributed by atoms with E-state index in [1.165, 1.54) is 11.8 Å². The Labute approximate surface area is 197 Å². The number of halogens is 2. The zero-order valence-electron chi connectivity index (χ0n) is 16.8. The second-order valence-electron chi connectivity index (χ2n) is 7.01. The number of rotatable bonds is 5. The van der Waals surface area contributed by atoms with Crippen LogP contribution in [0.25, 0.3) is 22.4 Å².